The number of aliphatic hydroxyl groups excluding tert-OH is 2. The van der Waals surface area contributed by atoms with E-state index in [1.54, 1.807) is 6.07 Å². The number of nitrogens with zero attached hydrogens (tertiary/aromatic N) is 2. The Labute approximate surface area is 523 Å². The maximum atomic E-state index is 14.0. The molecule has 2 aliphatic heterocycles. The standard InChI is InChI=1S/C73H88N2O11S2/c1-70(2)60-44-48(68(78)85-50-22-26-52-46(42-50)18-24-56-54(52)34-36-72(5)58(56)28-32-66(72)76)20-30-62(60)74(38-12-14-40-87(80)81)64(70)16-10-8-7-9-11-17-65-71(3,4)61-45-49(21-31-63(61)75(65)39-13-15-41-88(82,83)84)69(79)86-51-23-27-53-47(43-51)19-25-57-55(53)35-37-73(6)59(57)29-33-67(73)77/h7-11,16-17,20-23,26-27,30-31,42-45,54-59,66-67,76-77H,12-15,18-19,24-25,28-29,32-41H2,1-6H3,(H-,80,81,82,83,84)/p-1. The summed E-state index contributed by atoms with van der Waals surface area (Å²) in [6.07, 6.45) is 27.5. The Bertz CT molecular complexity index is 3710. The molecule has 0 spiro atoms. The molecule has 8 aliphatic rings. The Hall–Kier alpha value is -5.81. The average Bonchev–Trinajstić information content (AvgIpc) is 1.47. The number of fused-ring (bicyclic) bond motifs is 12. The number of benzene rings is 4. The molecule has 13 nitrogen and oxygen atoms in total. The summed E-state index contributed by atoms with van der Waals surface area (Å²) < 4.78 is 72.2. The van der Waals surface area contributed by atoms with E-state index >= 15 is 0 Å². The first kappa shape index (κ1) is 62.4. The number of rotatable bonds is 18. The summed E-state index contributed by atoms with van der Waals surface area (Å²) in [6.45, 7) is 14.1. The predicted octanol–water partition coefficient (Wildman–Crippen LogP) is 13.3. The average molecular weight is 1230 g/mol. The fraction of sp³-hybridized carbons (Fsp3) is 0.521. The number of hydrogen-bond donors (Lipinski definition) is 2. The molecule has 4 saturated carbocycles. The van der Waals surface area contributed by atoms with E-state index in [9.17, 15) is 41.5 Å². The third-order valence-corrected chi connectivity index (χ3v) is 24.3. The summed E-state index contributed by atoms with van der Waals surface area (Å²) in [4.78, 5) is 30.2. The minimum Gasteiger partial charge on any atom is -0.772 e. The van der Waals surface area contributed by atoms with Crippen molar-refractivity contribution in [3.8, 4) is 11.5 Å². The zero-order valence-corrected chi connectivity index (χ0v) is 53.6. The van der Waals surface area contributed by atoms with Crippen molar-refractivity contribution in [2.24, 2.45) is 34.5 Å². The Morgan fingerprint density at radius 3 is 1.80 bits per heavy atom. The first-order valence-corrected chi connectivity index (χ1v) is 35.3. The van der Waals surface area contributed by atoms with Crippen molar-refractivity contribution in [2.75, 3.05) is 29.5 Å². The van der Waals surface area contributed by atoms with E-state index in [2.05, 4.69) is 75.3 Å². The van der Waals surface area contributed by atoms with Crippen LogP contribution in [0.2, 0.25) is 0 Å². The molecule has 0 radical (unpaired) electrons. The molecular weight excluding hydrogens is 1140 g/mol. The Balaban J connectivity index is 0.729. The zero-order chi connectivity index (χ0) is 62.1. The second-order valence-electron chi connectivity index (χ2n) is 28.4. The highest BCUT2D eigenvalue weighted by molar-refractivity contribution is 7.85. The van der Waals surface area contributed by atoms with Crippen LogP contribution in [0.3, 0.4) is 0 Å². The van der Waals surface area contributed by atoms with Crippen LogP contribution in [-0.2, 0) is 44.9 Å². The normalized spacial score (nSPS) is 29.8. The fourth-order valence-electron chi connectivity index (χ4n) is 18.1. The van der Waals surface area contributed by atoms with Gasteiger partial charge in [0.2, 0.25) is 5.69 Å². The molecule has 2 N–H and O–H groups in total. The molecule has 11 unspecified atom stereocenters. The van der Waals surface area contributed by atoms with Gasteiger partial charge in [0, 0.05) is 59.0 Å². The molecule has 4 aromatic rings. The van der Waals surface area contributed by atoms with E-state index in [4.69, 9.17) is 9.47 Å². The van der Waals surface area contributed by atoms with Gasteiger partial charge in [0.25, 0.3) is 0 Å². The van der Waals surface area contributed by atoms with Gasteiger partial charge in [-0.25, -0.2) is 18.0 Å². The minimum atomic E-state index is -4.37. The van der Waals surface area contributed by atoms with E-state index in [0.717, 1.165) is 111 Å². The molecule has 0 saturated heterocycles. The van der Waals surface area contributed by atoms with Crippen molar-refractivity contribution in [3.05, 3.63) is 166 Å². The van der Waals surface area contributed by atoms with Gasteiger partial charge in [-0.15, -0.1) is 0 Å². The van der Waals surface area contributed by atoms with Crippen molar-refractivity contribution < 1.29 is 55.6 Å². The van der Waals surface area contributed by atoms with Crippen molar-refractivity contribution in [3.63, 3.8) is 0 Å². The molecule has 0 aromatic heterocycles. The summed E-state index contributed by atoms with van der Waals surface area (Å²) in [6, 6.07) is 23.6. The van der Waals surface area contributed by atoms with Gasteiger partial charge in [-0.1, -0.05) is 81.3 Å². The minimum absolute atomic E-state index is 0.00758. The fourth-order valence-corrected chi connectivity index (χ4v) is 19.1. The quantitative estimate of drug-likeness (QED) is 0.0182. The van der Waals surface area contributed by atoms with E-state index < -0.39 is 49.7 Å². The summed E-state index contributed by atoms with van der Waals surface area (Å²) in [5.74, 6) is 2.95. The molecule has 468 valence electrons. The van der Waals surface area contributed by atoms with Crippen molar-refractivity contribution in [1.82, 2.24) is 0 Å². The largest absolute Gasteiger partial charge is 0.772 e. The summed E-state index contributed by atoms with van der Waals surface area (Å²) in [7, 11) is -4.37. The number of hydrogen-bond acceptors (Lipinski definition) is 12. The molecule has 11 atom stereocenters. The SMILES string of the molecule is CC1(C)C(/C=C/C=C/C=C/C=C2\N(CCCCS(=O)(=O)[O-])c3ccc(C(=O)Oc4ccc5c(c4)CCC4C5CCC5(C)C(O)CCC45)cc3C2(C)C)=[N+](CCCCS(=O)[O-])c2ccc(C(=O)Oc3ccc4c(c3)CCC3C4CCC4(C)C(O)CCC34)cc21. The van der Waals surface area contributed by atoms with Crippen LogP contribution in [0.5, 0.6) is 11.5 Å². The Morgan fingerprint density at radius 1 is 0.659 bits per heavy atom. The summed E-state index contributed by atoms with van der Waals surface area (Å²) in [5, 5.41) is 21.8. The number of aryl methyl sites for hydroxylation is 2. The highest BCUT2D eigenvalue weighted by atomic mass is 32.2. The van der Waals surface area contributed by atoms with Gasteiger partial charge in [-0.05, 0) is 245 Å². The van der Waals surface area contributed by atoms with Gasteiger partial charge in [0.15, 0.2) is 5.71 Å². The molecule has 88 heavy (non-hydrogen) atoms. The van der Waals surface area contributed by atoms with E-state index in [1.807, 2.05) is 85.0 Å². The highest BCUT2D eigenvalue weighted by Crippen LogP contribution is 2.63. The highest BCUT2D eigenvalue weighted by Gasteiger charge is 2.56. The number of unbranched alkanes of at least 4 members (excludes halogenated alkanes) is 2. The van der Waals surface area contributed by atoms with Crippen LogP contribution in [0.4, 0.5) is 11.4 Å². The monoisotopic (exact) mass is 1230 g/mol. The van der Waals surface area contributed by atoms with Gasteiger partial charge in [-0.3, -0.25) is 4.21 Å². The van der Waals surface area contributed by atoms with E-state index in [0.29, 0.717) is 90.5 Å². The van der Waals surface area contributed by atoms with Crippen LogP contribution < -0.4 is 14.4 Å². The first-order valence-electron chi connectivity index (χ1n) is 32.5. The second kappa shape index (κ2) is 24.4. The molecule has 0 amide bonds. The lowest BCUT2D eigenvalue weighted by molar-refractivity contribution is -0.438. The van der Waals surface area contributed by atoms with E-state index in [1.165, 1.54) is 22.3 Å². The maximum Gasteiger partial charge on any atom is 0.343 e. The predicted molar refractivity (Wildman–Crippen MR) is 342 cm³/mol. The molecule has 4 aromatic carbocycles. The molecule has 15 heteroatoms. The van der Waals surface area contributed by atoms with Gasteiger partial charge in [0.05, 0.1) is 38.9 Å². The lowest BCUT2D eigenvalue weighted by Gasteiger charge is -2.50. The Morgan fingerprint density at radius 2 is 1.22 bits per heavy atom. The smallest absolute Gasteiger partial charge is 0.343 e. The van der Waals surface area contributed by atoms with Gasteiger partial charge < -0.3 is 33.7 Å². The van der Waals surface area contributed by atoms with Crippen LogP contribution in [0.1, 0.15) is 197 Å². The number of carbonyl (C=O) groups is 2. The number of esters is 2. The molecule has 6 aliphatic carbocycles. The molecule has 4 fully saturated rings. The van der Waals surface area contributed by atoms with Crippen LogP contribution >= 0.6 is 0 Å². The number of allylic oxidation sites excluding steroid dienone is 8. The molecule has 2 heterocycles. The first-order chi connectivity index (χ1) is 42.0. The zero-order valence-electron chi connectivity index (χ0n) is 52.0. The molecule has 12 rings (SSSR count). The number of ether oxygens (including phenoxy) is 2. The number of anilines is 1. The van der Waals surface area contributed by atoms with E-state index in [-0.39, 0.29) is 35.2 Å². The summed E-state index contributed by atoms with van der Waals surface area (Å²) in [5.41, 5.74) is 10.7. The van der Waals surface area contributed by atoms with Crippen molar-refractivity contribution >= 4 is 50.2 Å². The molecular formula is C73H87N2O11S2-. The third-order valence-electron chi connectivity index (χ3n) is 22.9. The van der Waals surface area contributed by atoms with Crippen LogP contribution in [0.15, 0.2) is 121 Å². The lowest BCUT2D eigenvalue weighted by Crippen LogP contribution is -2.43. The van der Waals surface area contributed by atoms with Crippen LogP contribution in [0.25, 0.3) is 0 Å². The molecule has 0 bridgehead atoms. The van der Waals surface area contributed by atoms with Gasteiger partial charge in [-0.2, -0.15) is 4.58 Å². The van der Waals surface area contributed by atoms with Crippen LogP contribution in [-0.4, -0.2) is 91.0 Å². The summed E-state index contributed by atoms with van der Waals surface area (Å²) >= 11 is -2.14. The van der Waals surface area contributed by atoms with Crippen LogP contribution in [0, 0.1) is 34.5 Å². The Kier molecular flexibility index (Phi) is 17.3. The van der Waals surface area contributed by atoms with Crippen molar-refractivity contribution in [1.29, 1.82) is 0 Å². The number of aliphatic hydroxyl groups is 2. The van der Waals surface area contributed by atoms with Crippen molar-refractivity contribution in [2.45, 2.75) is 179 Å². The van der Waals surface area contributed by atoms with Gasteiger partial charge in [0.1, 0.15) is 18.0 Å². The van der Waals surface area contributed by atoms with Gasteiger partial charge >= 0.3 is 11.9 Å². The lowest BCUT2D eigenvalue weighted by atomic mass is 9.55. The number of carbonyl (C=O) groups excluding carboxylic acids is 2. The maximum absolute atomic E-state index is 14.0. The topological polar surface area (TPSA) is 197 Å². The second-order valence-corrected chi connectivity index (χ2v) is 30.9. The third kappa shape index (κ3) is 11.7.